The lowest BCUT2D eigenvalue weighted by Gasteiger charge is -2.16. The summed E-state index contributed by atoms with van der Waals surface area (Å²) in [5.74, 6) is 0.777. The maximum absolute atomic E-state index is 6.27. The van der Waals surface area contributed by atoms with Crippen LogP contribution >= 0.6 is 11.6 Å². The smallest absolute Gasteiger partial charge is 0.137 e. The molecule has 3 nitrogen and oxygen atoms in total. The second-order valence-corrected chi connectivity index (χ2v) is 5.94. The zero-order valence-corrected chi connectivity index (χ0v) is 13.0. The Balaban J connectivity index is 1.82. The normalized spacial score (nSPS) is 17.4. The van der Waals surface area contributed by atoms with Crippen molar-refractivity contribution >= 4 is 11.6 Å². The van der Waals surface area contributed by atoms with E-state index in [4.69, 9.17) is 22.1 Å². The third-order valence-electron chi connectivity index (χ3n) is 3.88. The molecule has 0 radical (unpaired) electrons. The van der Waals surface area contributed by atoms with Crippen LogP contribution in [0.15, 0.2) is 18.2 Å². The maximum atomic E-state index is 6.27. The van der Waals surface area contributed by atoms with Crippen LogP contribution in [0, 0.1) is 0 Å². The van der Waals surface area contributed by atoms with Crippen LogP contribution in [0.5, 0.6) is 5.75 Å². The second kappa shape index (κ2) is 7.87. The topological polar surface area (TPSA) is 38.5 Å². The van der Waals surface area contributed by atoms with E-state index in [-0.39, 0.29) is 6.04 Å². The van der Waals surface area contributed by atoms with E-state index in [1.807, 2.05) is 12.1 Å². The molecule has 1 aromatic rings. The molecule has 1 fully saturated rings. The summed E-state index contributed by atoms with van der Waals surface area (Å²) in [6.45, 7) is 6.18. The average Bonchev–Trinajstić information content (AvgIpc) is 2.94. The highest BCUT2D eigenvalue weighted by Crippen LogP contribution is 2.26. The van der Waals surface area contributed by atoms with Crippen LogP contribution in [0.1, 0.15) is 31.7 Å². The van der Waals surface area contributed by atoms with Crippen LogP contribution in [0.25, 0.3) is 0 Å². The molecule has 2 N–H and O–H groups in total. The van der Waals surface area contributed by atoms with Gasteiger partial charge >= 0.3 is 0 Å². The number of likely N-dealkylation sites (tertiary alicyclic amines) is 1. The first-order chi connectivity index (χ1) is 9.69. The van der Waals surface area contributed by atoms with E-state index < -0.39 is 0 Å². The fourth-order valence-electron chi connectivity index (χ4n) is 2.53. The lowest BCUT2D eigenvalue weighted by atomic mass is 10.0. The van der Waals surface area contributed by atoms with Crippen LogP contribution in [-0.4, -0.2) is 37.2 Å². The fourth-order valence-corrected chi connectivity index (χ4v) is 2.78. The van der Waals surface area contributed by atoms with Crippen molar-refractivity contribution in [3.05, 3.63) is 28.8 Å². The Morgan fingerprint density at radius 1 is 1.35 bits per heavy atom. The molecule has 112 valence electrons. The van der Waals surface area contributed by atoms with Crippen molar-refractivity contribution in [3.63, 3.8) is 0 Å². The second-order valence-electron chi connectivity index (χ2n) is 5.53. The zero-order chi connectivity index (χ0) is 14.4. The van der Waals surface area contributed by atoms with Gasteiger partial charge in [0.15, 0.2) is 0 Å². The SMILES string of the molecule is CCC(N)Cc1ccc(OCCN2CCCC2)c(Cl)c1. The molecular formula is C16H25ClN2O. The van der Waals surface area contributed by atoms with Crippen LogP contribution in [0.4, 0.5) is 0 Å². The molecule has 1 aliphatic heterocycles. The molecule has 1 heterocycles. The summed E-state index contributed by atoms with van der Waals surface area (Å²) in [5, 5.41) is 0.687. The van der Waals surface area contributed by atoms with Gasteiger partial charge in [0.25, 0.3) is 0 Å². The van der Waals surface area contributed by atoms with Gasteiger partial charge in [0.05, 0.1) is 5.02 Å². The first-order valence-corrected chi connectivity index (χ1v) is 7.96. The monoisotopic (exact) mass is 296 g/mol. The summed E-state index contributed by atoms with van der Waals surface area (Å²) < 4.78 is 5.78. The van der Waals surface area contributed by atoms with Crippen molar-refractivity contribution in [1.29, 1.82) is 0 Å². The number of benzene rings is 1. The quantitative estimate of drug-likeness (QED) is 0.840. The van der Waals surface area contributed by atoms with Crippen molar-refractivity contribution in [2.45, 2.75) is 38.6 Å². The van der Waals surface area contributed by atoms with Gasteiger partial charge in [0.1, 0.15) is 12.4 Å². The summed E-state index contributed by atoms with van der Waals surface area (Å²) in [4.78, 5) is 2.43. The Bertz CT molecular complexity index is 419. The lowest BCUT2D eigenvalue weighted by molar-refractivity contribution is 0.238. The molecule has 0 amide bonds. The van der Waals surface area contributed by atoms with Crippen molar-refractivity contribution in [2.24, 2.45) is 5.73 Å². The third kappa shape index (κ3) is 4.65. The molecule has 0 saturated carbocycles. The van der Waals surface area contributed by atoms with E-state index >= 15 is 0 Å². The van der Waals surface area contributed by atoms with E-state index in [9.17, 15) is 0 Å². The van der Waals surface area contributed by atoms with Crippen molar-refractivity contribution in [1.82, 2.24) is 4.90 Å². The predicted octanol–water partition coefficient (Wildman–Crippen LogP) is 3.09. The van der Waals surface area contributed by atoms with Gasteiger partial charge in [-0.3, -0.25) is 4.90 Å². The lowest BCUT2D eigenvalue weighted by Crippen LogP contribution is -2.25. The Labute approximate surface area is 127 Å². The highest BCUT2D eigenvalue weighted by atomic mass is 35.5. The number of nitrogens with two attached hydrogens (primary N) is 1. The number of ether oxygens (including phenoxy) is 1. The number of rotatable bonds is 7. The number of halogens is 1. The largest absolute Gasteiger partial charge is 0.491 e. The van der Waals surface area contributed by atoms with Crippen molar-refractivity contribution in [3.8, 4) is 5.75 Å². The van der Waals surface area contributed by atoms with Gasteiger partial charge in [-0.2, -0.15) is 0 Å². The highest BCUT2D eigenvalue weighted by Gasteiger charge is 2.11. The molecule has 0 aliphatic carbocycles. The van der Waals surface area contributed by atoms with Gasteiger partial charge in [-0.15, -0.1) is 0 Å². The van der Waals surface area contributed by atoms with Crippen molar-refractivity contribution < 1.29 is 4.74 Å². The molecule has 1 unspecified atom stereocenters. The minimum Gasteiger partial charge on any atom is -0.491 e. The van der Waals surface area contributed by atoms with Crippen molar-refractivity contribution in [2.75, 3.05) is 26.2 Å². The number of hydrogen-bond acceptors (Lipinski definition) is 3. The molecule has 0 spiro atoms. The molecule has 2 rings (SSSR count). The molecule has 0 bridgehead atoms. The Morgan fingerprint density at radius 2 is 2.10 bits per heavy atom. The summed E-state index contributed by atoms with van der Waals surface area (Å²) in [6.07, 6.45) is 4.47. The van der Waals surface area contributed by atoms with Gasteiger partial charge in [0, 0.05) is 12.6 Å². The van der Waals surface area contributed by atoms with E-state index in [2.05, 4.69) is 17.9 Å². The van der Waals surface area contributed by atoms with Gasteiger partial charge in [-0.1, -0.05) is 24.6 Å². The molecule has 20 heavy (non-hydrogen) atoms. The van der Waals surface area contributed by atoms with E-state index in [1.165, 1.54) is 31.5 Å². The first-order valence-electron chi connectivity index (χ1n) is 7.58. The summed E-state index contributed by atoms with van der Waals surface area (Å²) >= 11 is 6.27. The van der Waals surface area contributed by atoms with Gasteiger partial charge in [0.2, 0.25) is 0 Å². The molecule has 1 saturated heterocycles. The molecule has 1 aromatic carbocycles. The first kappa shape index (κ1) is 15.6. The van der Waals surface area contributed by atoms with Crippen LogP contribution in [-0.2, 0) is 6.42 Å². The van der Waals surface area contributed by atoms with Gasteiger partial charge in [-0.05, 0) is 56.5 Å². The van der Waals surface area contributed by atoms with Crippen LogP contribution in [0.3, 0.4) is 0 Å². The summed E-state index contributed by atoms with van der Waals surface area (Å²) in [5.41, 5.74) is 7.14. The molecular weight excluding hydrogens is 272 g/mol. The molecule has 4 heteroatoms. The molecule has 0 aromatic heterocycles. The summed E-state index contributed by atoms with van der Waals surface area (Å²) in [6, 6.07) is 6.20. The minimum atomic E-state index is 0.202. The molecule has 1 atom stereocenters. The minimum absolute atomic E-state index is 0.202. The Morgan fingerprint density at radius 3 is 2.75 bits per heavy atom. The van der Waals surface area contributed by atoms with E-state index in [1.54, 1.807) is 0 Å². The van der Waals surface area contributed by atoms with Crippen LogP contribution in [0.2, 0.25) is 5.02 Å². The average molecular weight is 297 g/mol. The highest BCUT2D eigenvalue weighted by molar-refractivity contribution is 6.32. The summed E-state index contributed by atoms with van der Waals surface area (Å²) in [7, 11) is 0. The van der Waals surface area contributed by atoms with E-state index in [0.717, 1.165) is 25.1 Å². The zero-order valence-electron chi connectivity index (χ0n) is 12.3. The third-order valence-corrected chi connectivity index (χ3v) is 4.18. The maximum Gasteiger partial charge on any atom is 0.137 e. The Hall–Kier alpha value is -0.770. The standard InChI is InChI=1S/C16H25ClN2O/c1-2-14(18)11-13-5-6-16(15(17)12-13)20-10-9-19-7-3-4-8-19/h5-6,12,14H,2-4,7-11,18H2,1H3. The van der Waals surface area contributed by atoms with Gasteiger partial charge in [-0.25, -0.2) is 0 Å². The number of nitrogens with zero attached hydrogens (tertiary/aromatic N) is 1. The number of hydrogen-bond donors (Lipinski definition) is 1. The van der Waals surface area contributed by atoms with Gasteiger partial charge < -0.3 is 10.5 Å². The Kier molecular flexibility index (Phi) is 6.14. The predicted molar refractivity (Wildman–Crippen MR) is 84.6 cm³/mol. The molecule has 1 aliphatic rings. The van der Waals surface area contributed by atoms with Crippen LogP contribution < -0.4 is 10.5 Å². The fraction of sp³-hybridized carbons (Fsp3) is 0.625. The van der Waals surface area contributed by atoms with E-state index in [0.29, 0.717) is 11.6 Å².